The van der Waals surface area contributed by atoms with Crippen LogP contribution in [0.2, 0.25) is 0 Å². The zero-order valence-corrected chi connectivity index (χ0v) is 12.8. The van der Waals surface area contributed by atoms with Crippen LogP contribution in [-0.4, -0.2) is 16.5 Å². The molecule has 4 heteroatoms. The molecule has 2 heterocycles. The van der Waals surface area contributed by atoms with E-state index in [0.717, 1.165) is 16.9 Å². The number of aromatic nitrogens is 2. The van der Waals surface area contributed by atoms with Gasteiger partial charge in [0, 0.05) is 31.7 Å². The standard InChI is InChI=1S/C19H18FN3/c20-18-6-2-1-5-17(18)10-14-23(19-7-3-4-11-22-19)15-16-8-12-21-13-9-16/h1-9,11-13H,10,14-15H2. The zero-order chi connectivity index (χ0) is 15.9. The van der Waals surface area contributed by atoms with Crippen LogP contribution in [0.3, 0.4) is 0 Å². The van der Waals surface area contributed by atoms with Gasteiger partial charge in [-0.15, -0.1) is 0 Å². The molecule has 3 aromatic rings. The fourth-order valence-corrected chi connectivity index (χ4v) is 2.48. The molecule has 0 saturated carbocycles. The van der Waals surface area contributed by atoms with E-state index in [2.05, 4.69) is 14.9 Å². The summed E-state index contributed by atoms with van der Waals surface area (Å²) in [6, 6.07) is 16.7. The first-order chi connectivity index (χ1) is 11.3. The van der Waals surface area contributed by atoms with Crippen molar-refractivity contribution in [2.75, 3.05) is 11.4 Å². The second kappa shape index (κ2) is 7.49. The highest BCUT2D eigenvalue weighted by atomic mass is 19.1. The van der Waals surface area contributed by atoms with Gasteiger partial charge in [0.15, 0.2) is 0 Å². The average Bonchev–Trinajstić information content (AvgIpc) is 2.61. The average molecular weight is 307 g/mol. The lowest BCUT2D eigenvalue weighted by Crippen LogP contribution is -2.26. The van der Waals surface area contributed by atoms with Gasteiger partial charge in [-0.2, -0.15) is 0 Å². The number of pyridine rings is 2. The van der Waals surface area contributed by atoms with Crippen LogP contribution in [-0.2, 0) is 13.0 Å². The predicted molar refractivity (Wildman–Crippen MR) is 89.6 cm³/mol. The Morgan fingerprint density at radius 2 is 1.65 bits per heavy atom. The first-order valence-corrected chi connectivity index (χ1v) is 7.61. The molecule has 23 heavy (non-hydrogen) atoms. The van der Waals surface area contributed by atoms with Gasteiger partial charge < -0.3 is 4.90 Å². The summed E-state index contributed by atoms with van der Waals surface area (Å²) in [5.41, 5.74) is 1.88. The molecular weight excluding hydrogens is 289 g/mol. The summed E-state index contributed by atoms with van der Waals surface area (Å²) in [5.74, 6) is 0.734. The number of hydrogen-bond donors (Lipinski definition) is 0. The molecule has 0 atom stereocenters. The van der Waals surface area contributed by atoms with Gasteiger partial charge in [-0.05, 0) is 47.9 Å². The van der Waals surface area contributed by atoms with Gasteiger partial charge in [0.05, 0.1) is 0 Å². The Balaban J connectivity index is 1.77. The Hall–Kier alpha value is -2.75. The second-order valence-corrected chi connectivity index (χ2v) is 5.31. The van der Waals surface area contributed by atoms with Gasteiger partial charge >= 0.3 is 0 Å². The van der Waals surface area contributed by atoms with Crippen molar-refractivity contribution in [3.05, 3.63) is 90.1 Å². The SMILES string of the molecule is Fc1ccccc1CCN(Cc1ccncc1)c1ccccn1. The lowest BCUT2D eigenvalue weighted by Gasteiger charge is -2.24. The van der Waals surface area contributed by atoms with Gasteiger partial charge in [-0.3, -0.25) is 4.98 Å². The maximum absolute atomic E-state index is 13.8. The highest BCUT2D eigenvalue weighted by Crippen LogP contribution is 2.16. The fraction of sp³-hybridized carbons (Fsp3) is 0.158. The topological polar surface area (TPSA) is 29.0 Å². The van der Waals surface area contributed by atoms with Crippen LogP contribution in [0.25, 0.3) is 0 Å². The van der Waals surface area contributed by atoms with Crippen molar-refractivity contribution in [2.45, 2.75) is 13.0 Å². The van der Waals surface area contributed by atoms with Crippen LogP contribution in [0.4, 0.5) is 10.2 Å². The third-order valence-electron chi connectivity index (χ3n) is 3.70. The molecule has 1 aromatic carbocycles. The van der Waals surface area contributed by atoms with Crippen molar-refractivity contribution in [1.29, 1.82) is 0 Å². The van der Waals surface area contributed by atoms with E-state index in [1.807, 2.05) is 42.5 Å². The molecule has 0 amide bonds. The summed E-state index contributed by atoms with van der Waals surface area (Å²) < 4.78 is 13.8. The van der Waals surface area contributed by atoms with Crippen LogP contribution in [0.15, 0.2) is 73.2 Å². The zero-order valence-electron chi connectivity index (χ0n) is 12.8. The van der Waals surface area contributed by atoms with E-state index in [1.54, 1.807) is 24.7 Å². The Labute approximate surface area is 135 Å². The smallest absolute Gasteiger partial charge is 0.128 e. The van der Waals surface area contributed by atoms with E-state index in [9.17, 15) is 4.39 Å². The van der Waals surface area contributed by atoms with Crippen molar-refractivity contribution in [3.63, 3.8) is 0 Å². The summed E-state index contributed by atoms with van der Waals surface area (Å²) in [7, 11) is 0. The van der Waals surface area contributed by atoms with E-state index < -0.39 is 0 Å². The van der Waals surface area contributed by atoms with E-state index >= 15 is 0 Å². The summed E-state index contributed by atoms with van der Waals surface area (Å²) in [4.78, 5) is 10.6. The number of halogens is 1. The molecule has 0 aliphatic carbocycles. The van der Waals surface area contributed by atoms with Gasteiger partial charge in [-0.1, -0.05) is 24.3 Å². The summed E-state index contributed by atoms with van der Waals surface area (Å²) >= 11 is 0. The van der Waals surface area contributed by atoms with Crippen LogP contribution >= 0.6 is 0 Å². The summed E-state index contributed by atoms with van der Waals surface area (Å²) in [6.45, 7) is 1.41. The Kier molecular flexibility index (Phi) is 4.94. The molecule has 0 aliphatic rings. The molecule has 0 aliphatic heterocycles. The largest absolute Gasteiger partial charge is 0.352 e. The number of rotatable bonds is 6. The molecule has 0 saturated heterocycles. The van der Waals surface area contributed by atoms with E-state index in [4.69, 9.17) is 0 Å². The van der Waals surface area contributed by atoms with Crippen LogP contribution in [0.1, 0.15) is 11.1 Å². The third-order valence-corrected chi connectivity index (χ3v) is 3.70. The minimum absolute atomic E-state index is 0.155. The predicted octanol–water partition coefficient (Wildman–Crippen LogP) is 3.87. The van der Waals surface area contributed by atoms with Crippen molar-refractivity contribution >= 4 is 5.82 Å². The van der Waals surface area contributed by atoms with Gasteiger partial charge in [0.1, 0.15) is 11.6 Å². The highest BCUT2D eigenvalue weighted by Gasteiger charge is 2.10. The minimum Gasteiger partial charge on any atom is -0.352 e. The van der Waals surface area contributed by atoms with Gasteiger partial charge in [-0.25, -0.2) is 9.37 Å². The molecule has 0 unspecified atom stereocenters. The number of benzene rings is 1. The van der Waals surface area contributed by atoms with E-state index in [0.29, 0.717) is 19.5 Å². The molecule has 116 valence electrons. The molecular formula is C19H18FN3. The molecule has 0 bridgehead atoms. The minimum atomic E-state index is -0.155. The van der Waals surface area contributed by atoms with E-state index in [-0.39, 0.29) is 5.82 Å². The maximum Gasteiger partial charge on any atom is 0.128 e. The molecule has 0 fully saturated rings. The van der Waals surface area contributed by atoms with Gasteiger partial charge in [0.25, 0.3) is 0 Å². The Bertz CT molecular complexity index is 732. The lowest BCUT2D eigenvalue weighted by molar-refractivity contribution is 0.606. The molecule has 2 aromatic heterocycles. The summed E-state index contributed by atoms with van der Waals surface area (Å²) in [6.07, 6.45) is 5.97. The fourth-order valence-electron chi connectivity index (χ4n) is 2.48. The van der Waals surface area contributed by atoms with E-state index in [1.165, 1.54) is 6.07 Å². The molecule has 0 spiro atoms. The number of hydrogen-bond acceptors (Lipinski definition) is 3. The van der Waals surface area contributed by atoms with Crippen LogP contribution in [0, 0.1) is 5.82 Å². The first-order valence-electron chi connectivity index (χ1n) is 7.61. The van der Waals surface area contributed by atoms with Crippen molar-refractivity contribution in [3.8, 4) is 0 Å². The molecule has 0 N–H and O–H groups in total. The number of nitrogens with zero attached hydrogens (tertiary/aromatic N) is 3. The monoisotopic (exact) mass is 307 g/mol. The van der Waals surface area contributed by atoms with Gasteiger partial charge in [0.2, 0.25) is 0 Å². The van der Waals surface area contributed by atoms with Crippen molar-refractivity contribution in [2.24, 2.45) is 0 Å². The first kappa shape index (κ1) is 15.2. The molecule has 3 nitrogen and oxygen atoms in total. The molecule has 3 rings (SSSR count). The Morgan fingerprint density at radius 3 is 2.39 bits per heavy atom. The normalized spacial score (nSPS) is 10.5. The number of anilines is 1. The summed E-state index contributed by atoms with van der Waals surface area (Å²) in [5, 5.41) is 0. The Morgan fingerprint density at radius 1 is 0.870 bits per heavy atom. The van der Waals surface area contributed by atoms with Crippen molar-refractivity contribution < 1.29 is 4.39 Å². The third kappa shape index (κ3) is 4.13. The highest BCUT2D eigenvalue weighted by molar-refractivity contribution is 5.39. The maximum atomic E-state index is 13.8. The van der Waals surface area contributed by atoms with Crippen molar-refractivity contribution in [1.82, 2.24) is 9.97 Å². The van der Waals surface area contributed by atoms with Crippen LogP contribution in [0.5, 0.6) is 0 Å². The lowest BCUT2D eigenvalue weighted by atomic mass is 10.1. The quantitative estimate of drug-likeness (QED) is 0.692. The van der Waals surface area contributed by atoms with Crippen LogP contribution < -0.4 is 4.90 Å². The second-order valence-electron chi connectivity index (χ2n) is 5.31. The molecule has 0 radical (unpaired) electrons.